The Morgan fingerprint density at radius 2 is 2.22 bits per heavy atom. The number of nitro benzene ring substituents is 1. The third kappa shape index (κ3) is 1.83. The lowest BCUT2D eigenvalue weighted by atomic mass is 9.82. The molecule has 0 heterocycles. The Bertz CT molecular complexity index is 527. The van der Waals surface area contributed by atoms with Gasteiger partial charge in [-0.05, 0) is 30.9 Å². The van der Waals surface area contributed by atoms with Gasteiger partial charge in [0.1, 0.15) is 0 Å². The highest BCUT2D eigenvalue weighted by molar-refractivity contribution is 5.75. The molecule has 1 atom stereocenters. The third-order valence-corrected chi connectivity index (χ3v) is 3.14. The molecule has 0 aromatic heterocycles. The number of aryl methyl sites for hydroxylation is 1. The van der Waals surface area contributed by atoms with Crippen LogP contribution in [0.25, 0.3) is 0 Å². The molecule has 0 amide bonds. The number of nitrogens with zero attached hydrogens (tertiary/aromatic N) is 2. The van der Waals surface area contributed by atoms with Crippen LogP contribution in [0, 0.1) is 10.1 Å². The van der Waals surface area contributed by atoms with Crippen molar-refractivity contribution in [2.24, 2.45) is 5.16 Å². The van der Waals surface area contributed by atoms with Crippen molar-refractivity contribution >= 4 is 11.9 Å². The third-order valence-electron chi connectivity index (χ3n) is 3.14. The lowest BCUT2D eigenvalue weighted by Gasteiger charge is -2.22. The van der Waals surface area contributed by atoms with E-state index in [9.17, 15) is 20.3 Å². The van der Waals surface area contributed by atoms with Crippen molar-refractivity contribution in [3.05, 3.63) is 27.3 Å². The molecule has 0 saturated heterocycles. The van der Waals surface area contributed by atoms with E-state index in [1.165, 1.54) is 12.3 Å². The summed E-state index contributed by atoms with van der Waals surface area (Å²) < 4.78 is 0. The van der Waals surface area contributed by atoms with Crippen LogP contribution in [0.5, 0.6) is 11.5 Å². The normalized spacial score (nSPS) is 18.8. The van der Waals surface area contributed by atoms with Crippen molar-refractivity contribution in [3.63, 3.8) is 0 Å². The summed E-state index contributed by atoms with van der Waals surface area (Å²) >= 11 is 0. The van der Waals surface area contributed by atoms with Gasteiger partial charge >= 0.3 is 5.69 Å². The Kier molecular flexibility index (Phi) is 3.05. The molecule has 7 heteroatoms. The van der Waals surface area contributed by atoms with Gasteiger partial charge in [-0.2, -0.15) is 0 Å². The summed E-state index contributed by atoms with van der Waals surface area (Å²) in [6, 6.07) is 1.33. The lowest BCUT2D eigenvalue weighted by molar-refractivity contribution is -0.386. The second-order valence-corrected chi connectivity index (χ2v) is 4.19. The second-order valence-electron chi connectivity index (χ2n) is 4.19. The van der Waals surface area contributed by atoms with E-state index in [0.29, 0.717) is 24.0 Å². The lowest BCUT2D eigenvalue weighted by Crippen LogP contribution is -2.13. The maximum Gasteiger partial charge on any atom is 0.318 e. The zero-order valence-corrected chi connectivity index (χ0v) is 9.41. The highest BCUT2D eigenvalue weighted by Gasteiger charge is 2.33. The molecule has 0 bridgehead atoms. The fourth-order valence-corrected chi connectivity index (χ4v) is 2.40. The summed E-state index contributed by atoms with van der Waals surface area (Å²) in [6.07, 6.45) is 3.16. The second kappa shape index (κ2) is 4.52. The molecule has 2 rings (SSSR count). The molecule has 1 aliphatic carbocycles. The van der Waals surface area contributed by atoms with Gasteiger partial charge in [-0.1, -0.05) is 0 Å². The van der Waals surface area contributed by atoms with Crippen LogP contribution in [-0.2, 0) is 6.42 Å². The first kappa shape index (κ1) is 12.2. The average molecular weight is 252 g/mol. The first-order valence-electron chi connectivity index (χ1n) is 5.46. The molecule has 18 heavy (non-hydrogen) atoms. The van der Waals surface area contributed by atoms with E-state index in [1.54, 1.807) is 0 Å². The van der Waals surface area contributed by atoms with E-state index in [-0.39, 0.29) is 0 Å². The molecule has 96 valence electrons. The van der Waals surface area contributed by atoms with E-state index in [2.05, 4.69) is 5.16 Å². The van der Waals surface area contributed by atoms with Crippen molar-refractivity contribution in [1.29, 1.82) is 0 Å². The van der Waals surface area contributed by atoms with Crippen LogP contribution in [0.4, 0.5) is 5.69 Å². The molecule has 0 spiro atoms. The van der Waals surface area contributed by atoms with Gasteiger partial charge in [0.05, 0.1) is 11.1 Å². The maximum absolute atomic E-state index is 11.0. The molecular weight excluding hydrogens is 240 g/mol. The summed E-state index contributed by atoms with van der Waals surface area (Å²) in [7, 11) is 0. The topological polar surface area (TPSA) is 116 Å². The Morgan fingerprint density at radius 1 is 1.50 bits per heavy atom. The van der Waals surface area contributed by atoms with Crippen LogP contribution in [0.2, 0.25) is 0 Å². The van der Waals surface area contributed by atoms with Crippen LogP contribution in [0.3, 0.4) is 0 Å². The van der Waals surface area contributed by atoms with Gasteiger partial charge < -0.3 is 15.4 Å². The number of phenolic OH excluding ortho intramolecular Hbond substituents is 2. The Morgan fingerprint density at radius 3 is 2.83 bits per heavy atom. The SMILES string of the molecule is O=[N+]([O-])c1c(O)c(O)cc2c1C(C=NO)CCC2. The predicted molar refractivity (Wildman–Crippen MR) is 62.4 cm³/mol. The van der Waals surface area contributed by atoms with Gasteiger partial charge in [-0.15, -0.1) is 5.16 Å². The number of hydrogen-bond donors (Lipinski definition) is 3. The summed E-state index contributed by atoms with van der Waals surface area (Å²) in [5.74, 6) is -1.66. The van der Waals surface area contributed by atoms with E-state index < -0.39 is 28.0 Å². The molecule has 0 radical (unpaired) electrons. The van der Waals surface area contributed by atoms with E-state index in [0.717, 1.165) is 6.42 Å². The van der Waals surface area contributed by atoms with Crippen molar-refractivity contribution in [1.82, 2.24) is 0 Å². The predicted octanol–water partition coefficient (Wildman–Crippen LogP) is 1.89. The van der Waals surface area contributed by atoms with Crippen LogP contribution in [-0.4, -0.2) is 26.6 Å². The zero-order valence-electron chi connectivity index (χ0n) is 9.41. The van der Waals surface area contributed by atoms with Gasteiger partial charge in [0.25, 0.3) is 0 Å². The van der Waals surface area contributed by atoms with Crippen LogP contribution < -0.4 is 0 Å². The monoisotopic (exact) mass is 252 g/mol. The Labute approximate surface area is 102 Å². The highest BCUT2D eigenvalue weighted by Crippen LogP contribution is 2.46. The maximum atomic E-state index is 11.0. The molecule has 1 unspecified atom stereocenters. The fraction of sp³-hybridized carbons (Fsp3) is 0.364. The molecule has 1 aliphatic rings. The van der Waals surface area contributed by atoms with Crippen molar-refractivity contribution in [3.8, 4) is 11.5 Å². The van der Waals surface area contributed by atoms with E-state index >= 15 is 0 Å². The van der Waals surface area contributed by atoms with Gasteiger partial charge in [0.2, 0.25) is 5.75 Å². The first-order valence-corrected chi connectivity index (χ1v) is 5.46. The summed E-state index contributed by atoms with van der Waals surface area (Å²) in [5.41, 5.74) is 0.419. The van der Waals surface area contributed by atoms with Crippen molar-refractivity contribution < 1.29 is 20.3 Å². The fourth-order valence-electron chi connectivity index (χ4n) is 2.40. The number of oxime groups is 1. The summed E-state index contributed by atoms with van der Waals surface area (Å²) in [5, 5.41) is 41.6. The quantitative estimate of drug-likeness (QED) is 0.244. The van der Waals surface area contributed by atoms with Crippen LogP contribution >= 0.6 is 0 Å². The number of benzene rings is 1. The molecule has 0 aliphatic heterocycles. The highest BCUT2D eigenvalue weighted by atomic mass is 16.6. The van der Waals surface area contributed by atoms with Gasteiger partial charge in [0, 0.05) is 11.5 Å². The molecule has 0 fully saturated rings. The van der Waals surface area contributed by atoms with Crippen LogP contribution in [0.1, 0.15) is 29.9 Å². The number of aromatic hydroxyl groups is 2. The summed E-state index contributed by atoms with van der Waals surface area (Å²) in [4.78, 5) is 10.3. The van der Waals surface area contributed by atoms with Crippen LogP contribution in [0.15, 0.2) is 11.2 Å². The average Bonchev–Trinajstić information content (AvgIpc) is 2.31. The number of fused-ring (bicyclic) bond motifs is 1. The minimum Gasteiger partial charge on any atom is -0.504 e. The Hall–Kier alpha value is -2.31. The standard InChI is InChI=1S/C11H12N2O5/c14-8-4-6-2-1-3-7(5-12-16)9(6)10(11(8)15)13(17)18/h4-5,7,14-16H,1-3H2. The first-order chi connectivity index (χ1) is 8.56. The van der Waals surface area contributed by atoms with Crippen molar-refractivity contribution in [2.75, 3.05) is 0 Å². The molecule has 1 aromatic carbocycles. The van der Waals surface area contributed by atoms with Crippen molar-refractivity contribution in [2.45, 2.75) is 25.2 Å². The molecule has 0 saturated carbocycles. The van der Waals surface area contributed by atoms with E-state index in [1.807, 2.05) is 0 Å². The van der Waals surface area contributed by atoms with Gasteiger partial charge in [-0.3, -0.25) is 10.1 Å². The smallest absolute Gasteiger partial charge is 0.318 e. The summed E-state index contributed by atoms with van der Waals surface area (Å²) in [6.45, 7) is 0. The molecule has 7 nitrogen and oxygen atoms in total. The number of phenols is 2. The number of nitro groups is 1. The minimum absolute atomic E-state index is 0.319. The Balaban J connectivity index is 2.71. The van der Waals surface area contributed by atoms with Gasteiger partial charge in [0.15, 0.2) is 5.75 Å². The zero-order chi connectivity index (χ0) is 13.3. The number of rotatable bonds is 2. The molecular formula is C11H12N2O5. The van der Waals surface area contributed by atoms with E-state index in [4.69, 9.17) is 5.21 Å². The van der Waals surface area contributed by atoms with Gasteiger partial charge in [-0.25, -0.2) is 0 Å². The minimum atomic E-state index is -0.739. The number of hydrogen-bond acceptors (Lipinski definition) is 6. The molecule has 1 aromatic rings. The molecule has 3 N–H and O–H groups in total. The largest absolute Gasteiger partial charge is 0.504 e.